The van der Waals surface area contributed by atoms with Crippen LogP contribution < -0.4 is 10.2 Å². The number of hydrogen-bond acceptors (Lipinski definition) is 4. The Morgan fingerprint density at radius 2 is 1.84 bits per heavy atom. The van der Waals surface area contributed by atoms with Gasteiger partial charge in [-0.2, -0.15) is 13.2 Å². The minimum absolute atomic E-state index is 0.104. The van der Waals surface area contributed by atoms with Gasteiger partial charge >= 0.3 is 6.18 Å². The van der Waals surface area contributed by atoms with E-state index in [1.807, 2.05) is 6.92 Å². The summed E-state index contributed by atoms with van der Waals surface area (Å²) in [5, 5.41) is 3.10. The predicted octanol–water partition coefficient (Wildman–Crippen LogP) is 2.36. The van der Waals surface area contributed by atoms with E-state index < -0.39 is 12.7 Å². The van der Waals surface area contributed by atoms with Crippen LogP contribution in [-0.2, 0) is 6.54 Å². The Balaban J connectivity index is 2.80. The van der Waals surface area contributed by atoms with E-state index in [4.69, 9.17) is 0 Å². The normalized spacial score (nSPS) is 11.9. The maximum atomic E-state index is 12.5. The van der Waals surface area contributed by atoms with Gasteiger partial charge in [0.15, 0.2) is 0 Å². The molecule has 7 heteroatoms. The van der Waals surface area contributed by atoms with Crippen LogP contribution in [0.3, 0.4) is 0 Å². The van der Waals surface area contributed by atoms with Gasteiger partial charge < -0.3 is 10.2 Å². The van der Waals surface area contributed by atoms with E-state index in [0.29, 0.717) is 6.54 Å². The molecule has 0 bridgehead atoms. The molecule has 0 spiro atoms. The first kappa shape index (κ1) is 15.7. The molecule has 1 aromatic heterocycles. The molecule has 0 radical (unpaired) electrons. The molecule has 0 fully saturated rings. The topological polar surface area (TPSA) is 41.1 Å². The maximum absolute atomic E-state index is 12.5. The Labute approximate surface area is 111 Å². The van der Waals surface area contributed by atoms with E-state index in [0.717, 1.165) is 17.0 Å². The summed E-state index contributed by atoms with van der Waals surface area (Å²) in [6.07, 6.45) is -1.16. The Hall–Kier alpha value is -1.37. The van der Waals surface area contributed by atoms with E-state index in [2.05, 4.69) is 15.3 Å². The minimum atomic E-state index is -4.27. The standard InChI is InChI=1S/C12H19F3N4/c1-4-16-5-10-6-17-11(18-7-10)19(9(2)3)8-12(13,14)15/h6-7,9,16H,4-5,8H2,1-3H3. The zero-order valence-corrected chi connectivity index (χ0v) is 11.3. The molecular weight excluding hydrogens is 257 g/mol. The second-order valence-electron chi connectivity index (χ2n) is 4.51. The molecule has 108 valence electrons. The monoisotopic (exact) mass is 276 g/mol. The largest absolute Gasteiger partial charge is 0.406 e. The number of rotatable bonds is 6. The van der Waals surface area contributed by atoms with E-state index in [-0.39, 0.29) is 12.0 Å². The van der Waals surface area contributed by atoms with Crippen molar-refractivity contribution in [3.05, 3.63) is 18.0 Å². The van der Waals surface area contributed by atoms with Crippen molar-refractivity contribution >= 4 is 5.95 Å². The van der Waals surface area contributed by atoms with Gasteiger partial charge in [0.2, 0.25) is 5.95 Å². The van der Waals surface area contributed by atoms with Crippen molar-refractivity contribution in [1.29, 1.82) is 0 Å². The quantitative estimate of drug-likeness (QED) is 0.866. The molecule has 1 heterocycles. The van der Waals surface area contributed by atoms with Gasteiger partial charge in [-0.25, -0.2) is 9.97 Å². The molecule has 0 unspecified atom stereocenters. The molecular formula is C12H19F3N4. The average molecular weight is 276 g/mol. The van der Waals surface area contributed by atoms with Gasteiger partial charge in [0, 0.05) is 30.5 Å². The number of anilines is 1. The first-order valence-electron chi connectivity index (χ1n) is 6.18. The molecule has 1 rings (SSSR count). The minimum Gasteiger partial charge on any atom is -0.329 e. The number of nitrogens with one attached hydrogen (secondary N) is 1. The van der Waals surface area contributed by atoms with Crippen molar-refractivity contribution < 1.29 is 13.2 Å². The van der Waals surface area contributed by atoms with Gasteiger partial charge in [0.25, 0.3) is 0 Å². The van der Waals surface area contributed by atoms with E-state index in [1.54, 1.807) is 26.2 Å². The molecule has 0 aromatic carbocycles. The predicted molar refractivity (Wildman–Crippen MR) is 67.9 cm³/mol. The molecule has 1 N–H and O–H groups in total. The SMILES string of the molecule is CCNCc1cnc(N(CC(F)(F)F)C(C)C)nc1. The Morgan fingerprint density at radius 3 is 2.26 bits per heavy atom. The summed E-state index contributed by atoms with van der Waals surface area (Å²) in [7, 11) is 0. The Morgan fingerprint density at radius 1 is 1.26 bits per heavy atom. The van der Waals surface area contributed by atoms with Crippen LogP contribution in [0.25, 0.3) is 0 Å². The van der Waals surface area contributed by atoms with Crippen LogP contribution in [-0.4, -0.2) is 35.3 Å². The summed E-state index contributed by atoms with van der Waals surface area (Å²) >= 11 is 0. The zero-order chi connectivity index (χ0) is 14.5. The molecule has 0 aliphatic carbocycles. The van der Waals surface area contributed by atoms with Crippen LogP contribution in [0.5, 0.6) is 0 Å². The highest BCUT2D eigenvalue weighted by atomic mass is 19.4. The summed E-state index contributed by atoms with van der Waals surface area (Å²) in [6.45, 7) is 5.71. The fraction of sp³-hybridized carbons (Fsp3) is 0.667. The van der Waals surface area contributed by atoms with Gasteiger partial charge in [0.1, 0.15) is 6.54 Å². The molecule has 4 nitrogen and oxygen atoms in total. The van der Waals surface area contributed by atoms with Crippen LogP contribution in [0.4, 0.5) is 19.1 Å². The highest BCUT2D eigenvalue weighted by Gasteiger charge is 2.33. The zero-order valence-electron chi connectivity index (χ0n) is 11.3. The van der Waals surface area contributed by atoms with Crippen molar-refractivity contribution in [2.24, 2.45) is 0 Å². The smallest absolute Gasteiger partial charge is 0.329 e. The molecule has 0 saturated carbocycles. The van der Waals surface area contributed by atoms with Gasteiger partial charge in [0.05, 0.1) is 0 Å². The lowest BCUT2D eigenvalue weighted by molar-refractivity contribution is -0.120. The van der Waals surface area contributed by atoms with Crippen LogP contribution in [0.2, 0.25) is 0 Å². The van der Waals surface area contributed by atoms with Gasteiger partial charge in [-0.15, -0.1) is 0 Å². The number of halogens is 3. The van der Waals surface area contributed by atoms with Crippen LogP contribution in [0.1, 0.15) is 26.3 Å². The first-order chi connectivity index (χ1) is 8.83. The third kappa shape index (κ3) is 5.42. The summed E-state index contributed by atoms with van der Waals surface area (Å²) < 4.78 is 37.5. The molecule has 1 aromatic rings. The van der Waals surface area contributed by atoms with Gasteiger partial charge in [-0.05, 0) is 20.4 Å². The lowest BCUT2D eigenvalue weighted by atomic mass is 10.3. The van der Waals surface area contributed by atoms with Crippen molar-refractivity contribution in [2.75, 3.05) is 18.0 Å². The maximum Gasteiger partial charge on any atom is 0.406 e. The Kier molecular flexibility index (Phi) is 5.53. The van der Waals surface area contributed by atoms with Gasteiger partial charge in [-0.1, -0.05) is 6.92 Å². The van der Waals surface area contributed by atoms with Crippen LogP contribution in [0.15, 0.2) is 12.4 Å². The summed E-state index contributed by atoms with van der Waals surface area (Å²) in [6, 6.07) is -0.318. The number of aromatic nitrogens is 2. The molecule has 0 saturated heterocycles. The van der Waals surface area contributed by atoms with E-state index in [9.17, 15) is 13.2 Å². The van der Waals surface area contributed by atoms with Crippen molar-refractivity contribution in [3.8, 4) is 0 Å². The number of hydrogen-bond donors (Lipinski definition) is 1. The Bertz CT molecular complexity index is 376. The number of nitrogens with zero attached hydrogens (tertiary/aromatic N) is 3. The fourth-order valence-corrected chi connectivity index (χ4v) is 1.53. The average Bonchev–Trinajstić information content (AvgIpc) is 2.33. The van der Waals surface area contributed by atoms with E-state index in [1.165, 1.54) is 0 Å². The van der Waals surface area contributed by atoms with Gasteiger partial charge in [-0.3, -0.25) is 0 Å². The third-order valence-electron chi connectivity index (χ3n) is 2.50. The molecule has 0 aliphatic heterocycles. The van der Waals surface area contributed by atoms with Crippen molar-refractivity contribution in [3.63, 3.8) is 0 Å². The van der Waals surface area contributed by atoms with Crippen LogP contribution in [0, 0.1) is 0 Å². The van der Waals surface area contributed by atoms with Crippen molar-refractivity contribution in [1.82, 2.24) is 15.3 Å². The number of alkyl halides is 3. The highest BCUT2D eigenvalue weighted by Crippen LogP contribution is 2.21. The van der Waals surface area contributed by atoms with E-state index >= 15 is 0 Å². The first-order valence-corrected chi connectivity index (χ1v) is 6.18. The molecule has 0 atom stereocenters. The molecule has 19 heavy (non-hydrogen) atoms. The lowest BCUT2D eigenvalue weighted by Crippen LogP contribution is -2.40. The molecule has 0 amide bonds. The third-order valence-corrected chi connectivity index (χ3v) is 2.50. The summed E-state index contributed by atoms with van der Waals surface area (Å²) in [5.41, 5.74) is 0.848. The second-order valence-corrected chi connectivity index (χ2v) is 4.51. The fourth-order valence-electron chi connectivity index (χ4n) is 1.53. The second kappa shape index (κ2) is 6.70. The van der Waals surface area contributed by atoms with Crippen molar-refractivity contribution in [2.45, 2.75) is 39.5 Å². The summed E-state index contributed by atoms with van der Waals surface area (Å²) in [5.74, 6) is 0.104. The summed E-state index contributed by atoms with van der Waals surface area (Å²) in [4.78, 5) is 9.16. The lowest BCUT2D eigenvalue weighted by Gasteiger charge is -2.27. The van der Waals surface area contributed by atoms with Crippen LogP contribution >= 0.6 is 0 Å². The highest BCUT2D eigenvalue weighted by molar-refractivity contribution is 5.31. The molecule has 0 aliphatic rings.